The molecule has 0 radical (unpaired) electrons. The van der Waals surface area contributed by atoms with Gasteiger partial charge in [-0.1, -0.05) is 0 Å². The number of nitro groups is 1. The van der Waals surface area contributed by atoms with E-state index in [0.717, 1.165) is 0 Å². The van der Waals surface area contributed by atoms with Gasteiger partial charge in [-0.15, -0.1) is 0 Å². The third-order valence-corrected chi connectivity index (χ3v) is 3.52. The molecule has 2 N–H and O–H groups in total. The van der Waals surface area contributed by atoms with Gasteiger partial charge in [0.2, 0.25) is 0 Å². The zero-order valence-corrected chi connectivity index (χ0v) is 12.4. The van der Waals surface area contributed by atoms with Crippen molar-refractivity contribution in [1.82, 2.24) is 0 Å². The number of benzene rings is 2. The lowest BCUT2D eigenvalue weighted by molar-refractivity contribution is -0.384. The number of nitro benzene ring substituents is 1. The first-order valence-electron chi connectivity index (χ1n) is 6.08. The molecule has 0 saturated carbocycles. The highest BCUT2D eigenvalue weighted by molar-refractivity contribution is 9.10. The number of hydrogen-bond acceptors (Lipinski definition) is 4. The van der Waals surface area contributed by atoms with E-state index in [1.165, 1.54) is 30.3 Å². The summed E-state index contributed by atoms with van der Waals surface area (Å²) in [5.41, 5.74) is 1.19. The Balaban J connectivity index is 1.99. The van der Waals surface area contributed by atoms with Gasteiger partial charge in [-0.3, -0.25) is 10.1 Å². The van der Waals surface area contributed by atoms with Crippen LogP contribution in [0.5, 0.6) is 0 Å². The van der Waals surface area contributed by atoms with Gasteiger partial charge in [0.15, 0.2) is 0 Å². The Hall–Kier alpha value is -1.99. The molecule has 0 spiro atoms. The predicted octanol–water partition coefficient (Wildman–Crippen LogP) is 3.64. The summed E-state index contributed by atoms with van der Waals surface area (Å²) in [6, 6.07) is 10.1. The van der Waals surface area contributed by atoms with Crippen molar-refractivity contribution in [3.63, 3.8) is 0 Å². The molecule has 0 aromatic heterocycles. The number of nitrogens with zero attached hydrogens (tertiary/aromatic N) is 1. The van der Waals surface area contributed by atoms with Gasteiger partial charge in [-0.2, -0.15) is 0 Å². The van der Waals surface area contributed by atoms with Crippen molar-refractivity contribution < 1.29 is 14.4 Å². The second kappa shape index (κ2) is 6.64. The Labute approximate surface area is 128 Å². The summed E-state index contributed by atoms with van der Waals surface area (Å²) in [6.45, 7) is 0.204. The molecule has 1 atom stereocenters. The number of aliphatic hydroxyl groups excluding tert-OH is 1. The molecule has 0 aliphatic carbocycles. The van der Waals surface area contributed by atoms with Gasteiger partial charge in [-0.25, -0.2) is 4.39 Å². The highest BCUT2D eigenvalue weighted by Gasteiger charge is 2.10. The first-order chi connectivity index (χ1) is 9.97. The molecule has 1 unspecified atom stereocenters. The summed E-state index contributed by atoms with van der Waals surface area (Å²) in [5.74, 6) is -0.364. The Morgan fingerprint density at radius 1 is 1.29 bits per heavy atom. The van der Waals surface area contributed by atoms with Crippen LogP contribution >= 0.6 is 15.9 Å². The molecule has 110 valence electrons. The van der Waals surface area contributed by atoms with Crippen molar-refractivity contribution in [1.29, 1.82) is 0 Å². The zero-order chi connectivity index (χ0) is 15.4. The van der Waals surface area contributed by atoms with Crippen LogP contribution in [0.2, 0.25) is 0 Å². The summed E-state index contributed by atoms with van der Waals surface area (Å²) in [5, 5.41) is 23.5. The van der Waals surface area contributed by atoms with Crippen LogP contribution in [0.3, 0.4) is 0 Å². The average Bonchev–Trinajstić information content (AvgIpc) is 2.48. The number of aliphatic hydroxyl groups is 1. The molecule has 5 nitrogen and oxygen atoms in total. The van der Waals surface area contributed by atoms with Crippen molar-refractivity contribution in [2.24, 2.45) is 0 Å². The smallest absolute Gasteiger partial charge is 0.269 e. The van der Waals surface area contributed by atoms with Crippen molar-refractivity contribution in [2.75, 3.05) is 11.9 Å². The van der Waals surface area contributed by atoms with E-state index in [1.54, 1.807) is 12.1 Å². The molecule has 0 aliphatic heterocycles. The molecule has 7 heteroatoms. The summed E-state index contributed by atoms with van der Waals surface area (Å²) >= 11 is 3.08. The molecular weight excluding hydrogens is 343 g/mol. The van der Waals surface area contributed by atoms with Gasteiger partial charge in [0.05, 0.1) is 15.5 Å². The van der Waals surface area contributed by atoms with Gasteiger partial charge < -0.3 is 10.4 Å². The maximum atomic E-state index is 13.1. The molecule has 0 heterocycles. The molecule has 0 amide bonds. The molecule has 2 aromatic rings. The zero-order valence-electron chi connectivity index (χ0n) is 10.8. The summed E-state index contributed by atoms with van der Waals surface area (Å²) in [4.78, 5) is 10.1. The van der Waals surface area contributed by atoms with E-state index in [0.29, 0.717) is 15.7 Å². The van der Waals surface area contributed by atoms with Crippen molar-refractivity contribution in [3.8, 4) is 0 Å². The van der Waals surface area contributed by atoms with E-state index in [4.69, 9.17) is 0 Å². The Morgan fingerprint density at radius 2 is 1.95 bits per heavy atom. The minimum atomic E-state index is -0.824. The second-order valence-corrected chi connectivity index (χ2v) is 5.23. The van der Waals surface area contributed by atoms with E-state index >= 15 is 0 Å². The largest absolute Gasteiger partial charge is 0.387 e. The van der Waals surface area contributed by atoms with Crippen molar-refractivity contribution >= 4 is 27.3 Å². The van der Waals surface area contributed by atoms with E-state index < -0.39 is 11.0 Å². The first kappa shape index (κ1) is 15.4. The van der Waals surface area contributed by atoms with Crippen LogP contribution in [-0.2, 0) is 0 Å². The molecule has 0 aliphatic rings. The molecule has 0 fully saturated rings. The molecular formula is C14H12BrFN2O3. The topological polar surface area (TPSA) is 75.4 Å². The SMILES string of the molecule is O=[N+]([O-])c1ccc(C(O)CNc2ccc(F)c(Br)c2)cc1. The Morgan fingerprint density at radius 3 is 2.52 bits per heavy atom. The summed E-state index contributed by atoms with van der Waals surface area (Å²) in [6.07, 6.45) is -0.824. The molecule has 2 aromatic carbocycles. The summed E-state index contributed by atoms with van der Waals surface area (Å²) in [7, 11) is 0. The van der Waals surface area contributed by atoms with E-state index in [2.05, 4.69) is 21.2 Å². The fraction of sp³-hybridized carbons (Fsp3) is 0.143. The highest BCUT2D eigenvalue weighted by Crippen LogP contribution is 2.22. The number of rotatable bonds is 5. The highest BCUT2D eigenvalue weighted by atomic mass is 79.9. The Kier molecular flexibility index (Phi) is 4.87. The van der Waals surface area contributed by atoms with E-state index in [-0.39, 0.29) is 18.0 Å². The minimum Gasteiger partial charge on any atom is -0.387 e. The predicted molar refractivity (Wildman–Crippen MR) is 80.6 cm³/mol. The van der Waals surface area contributed by atoms with Gasteiger partial charge >= 0.3 is 0 Å². The van der Waals surface area contributed by atoms with Gasteiger partial charge in [-0.05, 0) is 51.8 Å². The monoisotopic (exact) mass is 354 g/mol. The fourth-order valence-electron chi connectivity index (χ4n) is 1.76. The number of hydrogen-bond donors (Lipinski definition) is 2. The van der Waals surface area contributed by atoms with Gasteiger partial charge in [0.1, 0.15) is 5.82 Å². The minimum absolute atomic E-state index is 0.0265. The quantitative estimate of drug-likeness (QED) is 0.634. The first-order valence-corrected chi connectivity index (χ1v) is 6.88. The number of non-ortho nitro benzene ring substituents is 1. The lowest BCUT2D eigenvalue weighted by Crippen LogP contribution is -2.12. The fourth-order valence-corrected chi connectivity index (χ4v) is 2.14. The van der Waals surface area contributed by atoms with Crippen molar-refractivity contribution in [2.45, 2.75) is 6.10 Å². The Bertz CT molecular complexity index is 649. The van der Waals surface area contributed by atoms with Crippen LogP contribution in [0.4, 0.5) is 15.8 Å². The van der Waals surface area contributed by atoms with Crippen molar-refractivity contribution in [3.05, 3.63) is 68.4 Å². The molecule has 0 bridgehead atoms. The van der Waals surface area contributed by atoms with Gasteiger partial charge in [0.25, 0.3) is 5.69 Å². The van der Waals surface area contributed by atoms with Crippen LogP contribution in [0.25, 0.3) is 0 Å². The lowest BCUT2D eigenvalue weighted by Gasteiger charge is -2.13. The number of nitrogens with one attached hydrogen (secondary N) is 1. The average molecular weight is 355 g/mol. The molecule has 21 heavy (non-hydrogen) atoms. The summed E-state index contributed by atoms with van der Waals surface area (Å²) < 4.78 is 13.4. The van der Waals surface area contributed by atoms with Crippen LogP contribution in [0, 0.1) is 15.9 Å². The van der Waals surface area contributed by atoms with Crippen LogP contribution in [0.1, 0.15) is 11.7 Å². The maximum Gasteiger partial charge on any atom is 0.269 e. The third kappa shape index (κ3) is 3.99. The number of anilines is 1. The lowest BCUT2D eigenvalue weighted by atomic mass is 10.1. The standard InChI is InChI=1S/C14H12BrFN2O3/c15-12-7-10(3-6-13(12)16)17-8-14(19)9-1-4-11(5-2-9)18(20)21/h1-7,14,17,19H,8H2. The van der Waals surface area contributed by atoms with E-state index in [9.17, 15) is 19.6 Å². The van der Waals surface area contributed by atoms with Crippen LogP contribution in [0.15, 0.2) is 46.9 Å². The van der Waals surface area contributed by atoms with E-state index in [1.807, 2.05) is 0 Å². The van der Waals surface area contributed by atoms with Crippen LogP contribution < -0.4 is 5.32 Å². The maximum absolute atomic E-state index is 13.1. The number of halogens is 2. The molecule has 2 rings (SSSR count). The van der Waals surface area contributed by atoms with Crippen LogP contribution in [-0.4, -0.2) is 16.6 Å². The molecule has 0 saturated heterocycles. The van der Waals surface area contributed by atoms with Gasteiger partial charge in [0, 0.05) is 24.4 Å². The second-order valence-electron chi connectivity index (χ2n) is 4.37. The normalized spacial score (nSPS) is 12.0. The third-order valence-electron chi connectivity index (χ3n) is 2.91.